The average molecular weight is 293 g/mol. The number of rotatable bonds is 8. The second kappa shape index (κ2) is 8.47. The summed E-state index contributed by atoms with van der Waals surface area (Å²) in [5.74, 6) is -0.273. The molecule has 0 bridgehead atoms. The zero-order chi connectivity index (χ0) is 14.1. The molecule has 0 atom stereocenters. The van der Waals surface area contributed by atoms with Gasteiger partial charge < -0.3 is 15.8 Å². The van der Waals surface area contributed by atoms with Gasteiger partial charge in [-0.1, -0.05) is 0 Å². The van der Waals surface area contributed by atoms with Gasteiger partial charge >= 0.3 is 0 Å². The molecule has 1 aliphatic rings. The first-order valence-corrected chi connectivity index (χ1v) is 8.33. The Labute approximate surface area is 114 Å². The monoisotopic (exact) mass is 293 g/mol. The zero-order valence-corrected chi connectivity index (χ0v) is 12.0. The van der Waals surface area contributed by atoms with E-state index in [-0.39, 0.29) is 23.8 Å². The van der Waals surface area contributed by atoms with E-state index >= 15 is 0 Å². The van der Waals surface area contributed by atoms with Crippen LogP contribution in [0.15, 0.2) is 0 Å². The van der Waals surface area contributed by atoms with Gasteiger partial charge in [0.05, 0.1) is 24.7 Å². The Kier molecular flexibility index (Phi) is 7.29. The van der Waals surface area contributed by atoms with Gasteiger partial charge in [0.1, 0.15) is 0 Å². The third-order valence-electron chi connectivity index (χ3n) is 2.93. The Hall–Kier alpha value is -0.700. The zero-order valence-electron chi connectivity index (χ0n) is 11.1. The molecule has 0 unspecified atom stereocenters. The van der Waals surface area contributed by atoms with Gasteiger partial charge in [0.25, 0.3) is 0 Å². The normalized spacial score (nSPS) is 17.3. The van der Waals surface area contributed by atoms with Gasteiger partial charge in [0, 0.05) is 39.1 Å². The number of carbonyl (C=O) groups is 1. The first-order chi connectivity index (χ1) is 9.03. The molecule has 1 saturated heterocycles. The van der Waals surface area contributed by atoms with Crippen LogP contribution in [-0.4, -0.2) is 76.7 Å². The molecule has 3 N–H and O–H groups in total. The van der Waals surface area contributed by atoms with Crippen LogP contribution in [0.2, 0.25) is 0 Å². The molecule has 112 valence electrons. The highest BCUT2D eigenvalue weighted by atomic mass is 32.2. The summed E-state index contributed by atoms with van der Waals surface area (Å²) in [5.41, 5.74) is 5.24. The van der Waals surface area contributed by atoms with Crippen molar-refractivity contribution in [3.63, 3.8) is 0 Å². The Morgan fingerprint density at radius 3 is 2.58 bits per heavy atom. The summed E-state index contributed by atoms with van der Waals surface area (Å²) in [5, 5.41) is 2.56. The number of morpholine rings is 1. The number of ether oxygens (including phenoxy) is 1. The van der Waals surface area contributed by atoms with Crippen LogP contribution >= 0.6 is 0 Å². The van der Waals surface area contributed by atoms with Crippen LogP contribution in [0.3, 0.4) is 0 Å². The number of nitrogens with zero attached hydrogens (tertiary/aromatic N) is 1. The lowest BCUT2D eigenvalue weighted by Crippen LogP contribution is -2.39. The quantitative estimate of drug-likeness (QED) is 0.547. The van der Waals surface area contributed by atoms with Crippen molar-refractivity contribution in [1.29, 1.82) is 0 Å². The molecule has 1 heterocycles. The molecule has 0 radical (unpaired) electrons. The van der Waals surface area contributed by atoms with E-state index in [1.807, 2.05) is 0 Å². The predicted octanol–water partition coefficient (Wildman–Crippen LogP) is -1.80. The molecule has 0 saturated carbocycles. The van der Waals surface area contributed by atoms with E-state index in [0.29, 0.717) is 32.8 Å². The fourth-order valence-electron chi connectivity index (χ4n) is 1.74. The minimum Gasteiger partial charge on any atom is -0.379 e. The lowest BCUT2D eigenvalue weighted by molar-refractivity contribution is -0.120. The molecule has 7 nitrogen and oxygen atoms in total. The van der Waals surface area contributed by atoms with Gasteiger partial charge in [-0.25, -0.2) is 8.42 Å². The van der Waals surface area contributed by atoms with E-state index in [9.17, 15) is 13.2 Å². The van der Waals surface area contributed by atoms with E-state index in [1.165, 1.54) is 0 Å². The Balaban J connectivity index is 2.21. The molecule has 0 aliphatic carbocycles. The van der Waals surface area contributed by atoms with Crippen molar-refractivity contribution in [3.05, 3.63) is 0 Å². The Morgan fingerprint density at radius 1 is 1.26 bits per heavy atom. The van der Waals surface area contributed by atoms with Crippen LogP contribution in [0.1, 0.15) is 6.42 Å². The topological polar surface area (TPSA) is 102 Å². The number of sulfone groups is 1. The van der Waals surface area contributed by atoms with Crippen molar-refractivity contribution >= 4 is 15.7 Å². The maximum absolute atomic E-state index is 11.8. The molecule has 0 spiro atoms. The third kappa shape index (κ3) is 7.46. The van der Waals surface area contributed by atoms with E-state index in [2.05, 4.69) is 10.2 Å². The van der Waals surface area contributed by atoms with Gasteiger partial charge in [0.2, 0.25) is 5.91 Å². The largest absolute Gasteiger partial charge is 0.379 e. The highest BCUT2D eigenvalue weighted by Crippen LogP contribution is 2.00. The fourth-order valence-corrected chi connectivity index (χ4v) is 2.98. The van der Waals surface area contributed by atoms with Crippen molar-refractivity contribution in [2.75, 3.05) is 57.4 Å². The highest BCUT2D eigenvalue weighted by molar-refractivity contribution is 7.91. The van der Waals surface area contributed by atoms with Gasteiger partial charge in [-0.3, -0.25) is 9.69 Å². The van der Waals surface area contributed by atoms with Gasteiger partial charge in [-0.05, 0) is 0 Å². The molecule has 1 aliphatic heterocycles. The summed E-state index contributed by atoms with van der Waals surface area (Å²) < 4.78 is 28.8. The van der Waals surface area contributed by atoms with Crippen molar-refractivity contribution in [2.24, 2.45) is 5.73 Å². The van der Waals surface area contributed by atoms with Crippen molar-refractivity contribution in [2.45, 2.75) is 6.42 Å². The molecule has 0 aromatic rings. The second-order valence-corrected chi connectivity index (χ2v) is 6.80. The molecule has 0 aromatic carbocycles. The average Bonchev–Trinajstić information content (AvgIpc) is 2.42. The van der Waals surface area contributed by atoms with E-state index in [4.69, 9.17) is 10.5 Å². The van der Waals surface area contributed by atoms with Crippen LogP contribution in [0, 0.1) is 0 Å². The maximum atomic E-state index is 11.8. The second-order valence-electron chi connectivity index (χ2n) is 4.49. The third-order valence-corrected chi connectivity index (χ3v) is 4.56. The SMILES string of the molecule is NCCNC(=O)CCS(=O)(=O)CCN1CCOCC1. The minimum absolute atomic E-state index is 0.00540. The van der Waals surface area contributed by atoms with Crippen LogP contribution in [-0.2, 0) is 19.4 Å². The summed E-state index contributed by atoms with van der Waals surface area (Å²) in [6.07, 6.45) is 0.00540. The van der Waals surface area contributed by atoms with Gasteiger partial charge in [-0.2, -0.15) is 0 Å². The first kappa shape index (κ1) is 16.4. The summed E-state index contributed by atoms with van der Waals surface area (Å²) in [6, 6.07) is 0. The van der Waals surface area contributed by atoms with Crippen LogP contribution in [0.25, 0.3) is 0 Å². The van der Waals surface area contributed by atoms with Crippen molar-refractivity contribution < 1.29 is 17.9 Å². The standard InChI is InChI=1S/C11H23N3O4S/c12-2-3-13-11(15)1-9-19(16,17)10-6-14-4-7-18-8-5-14/h1-10,12H2,(H,13,15). The number of carbonyl (C=O) groups excluding carboxylic acids is 1. The summed E-state index contributed by atoms with van der Waals surface area (Å²) in [6.45, 7) is 4.10. The molecule has 19 heavy (non-hydrogen) atoms. The van der Waals surface area contributed by atoms with Crippen LogP contribution in [0.4, 0.5) is 0 Å². The number of hydrogen-bond donors (Lipinski definition) is 2. The predicted molar refractivity (Wildman–Crippen MR) is 72.6 cm³/mol. The molecule has 1 rings (SSSR count). The number of hydrogen-bond acceptors (Lipinski definition) is 6. The van der Waals surface area contributed by atoms with Gasteiger partial charge in [-0.15, -0.1) is 0 Å². The Morgan fingerprint density at radius 2 is 1.95 bits per heavy atom. The van der Waals surface area contributed by atoms with E-state index in [0.717, 1.165) is 13.1 Å². The molecule has 1 amide bonds. The van der Waals surface area contributed by atoms with E-state index < -0.39 is 9.84 Å². The van der Waals surface area contributed by atoms with Crippen LogP contribution < -0.4 is 11.1 Å². The lowest BCUT2D eigenvalue weighted by Gasteiger charge is -2.26. The molecule has 0 aromatic heterocycles. The number of nitrogens with two attached hydrogens (primary N) is 1. The number of nitrogens with one attached hydrogen (secondary N) is 1. The highest BCUT2D eigenvalue weighted by Gasteiger charge is 2.17. The van der Waals surface area contributed by atoms with Crippen molar-refractivity contribution in [1.82, 2.24) is 10.2 Å². The minimum atomic E-state index is -3.18. The summed E-state index contributed by atoms with van der Waals surface area (Å²) in [4.78, 5) is 13.4. The summed E-state index contributed by atoms with van der Waals surface area (Å²) >= 11 is 0. The fraction of sp³-hybridized carbons (Fsp3) is 0.909. The smallest absolute Gasteiger partial charge is 0.221 e. The molecule has 8 heteroatoms. The van der Waals surface area contributed by atoms with Crippen molar-refractivity contribution in [3.8, 4) is 0 Å². The number of amides is 1. The van der Waals surface area contributed by atoms with E-state index in [1.54, 1.807) is 0 Å². The summed E-state index contributed by atoms with van der Waals surface area (Å²) in [7, 11) is -3.18. The Bertz CT molecular complexity index is 366. The van der Waals surface area contributed by atoms with Crippen LogP contribution in [0.5, 0.6) is 0 Å². The molecule has 1 fully saturated rings. The molecular formula is C11H23N3O4S. The molecular weight excluding hydrogens is 270 g/mol. The van der Waals surface area contributed by atoms with Gasteiger partial charge in [0.15, 0.2) is 9.84 Å². The maximum Gasteiger partial charge on any atom is 0.221 e. The lowest BCUT2D eigenvalue weighted by atomic mass is 10.4. The first-order valence-electron chi connectivity index (χ1n) is 6.51.